The molecule has 2 heteroatoms. The van der Waals surface area contributed by atoms with Crippen molar-refractivity contribution in [3.05, 3.63) is 42.0 Å². The fourth-order valence-corrected chi connectivity index (χ4v) is 1.67. The molecule has 0 bridgehead atoms. The molecule has 0 aliphatic carbocycles. The average molecular weight is 199 g/mol. The first-order chi connectivity index (χ1) is 7.33. The largest absolute Gasteiger partial charge is 0.388 e. The van der Waals surface area contributed by atoms with Crippen LogP contribution in [-0.4, -0.2) is 13.3 Å². The molecule has 15 heavy (non-hydrogen) atoms. The number of fused-ring (bicyclic) bond motifs is 1. The summed E-state index contributed by atoms with van der Waals surface area (Å²) in [7, 11) is 1.90. The van der Waals surface area contributed by atoms with E-state index in [-0.39, 0.29) is 0 Å². The lowest BCUT2D eigenvalue weighted by Gasteiger charge is -2.04. The van der Waals surface area contributed by atoms with Crippen LogP contribution in [0.1, 0.15) is 5.56 Å². The molecular formula is C13H13NO. The molecule has 2 rings (SSSR count). The van der Waals surface area contributed by atoms with E-state index < -0.39 is 0 Å². The Hall–Kier alpha value is -1.83. The number of benzene rings is 2. The number of carbonyl (C=O) groups is 1. The van der Waals surface area contributed by atoms with Gasteiger partial charge in [0, 0.05) is 19.2 Å². The van der Waals surface area contributed by atoms with Crippen molar-refractivity contribution >= 4 is 22.7 Å². The Balaban J connectivity index is 2.49. The number of aldehydes is 1. The molecule has 2 aromatic carbocycles. The maximum Gasteiger partial charge on any atom is 0.124 e. The highest BCUT2D eigenvalue weighted by Crippen LogP contribution is 2.20. The number of anilines is 1. The van der Waals surface area contributed by atoms with E-state index in [0.29, 0.717) is 6.42 Å². The van der Waals surface area contributed by atoms with Gasteiger partial charge >= 0.3 is 0 Å². The lowest BCUT2D eigenvalue weighted by atomic mass is 10.0. The number of rotatable bonds is 3. The zero-order valence-electron chi connectivity index (χ0n) is 8.66. The Morgan fingerprint density at radius 1 is 1.13 bits per heavy atom. The predicted molar refractivity (Wildman–Crippen MR) is 63.3 cm³/mol. The Bertz CT molecular complexity index is 491. The standard InChI is InChI=1S/C13H13NO/c1-14-13-5-4-11-8-10(6-7-15)2-3-12(11)9-13/h2-5,7-9,14H,6H2,1H3. The fraction of sp³-hybridized carbons (Fsp3) is 0.154. The monoisotopic (exact) mass is 199 g/mol. The van der Waals surface area contributed by atoms with Crippen molar-refractivity contribution in [2.75, 3.05) is 12.4 Å². The van der Waals surface area contributed by atoms with Gasteiger partial charge in [-0.25, -0.2) is 0 Å². The summed E-state index contributed by atoms with van der Waals surface area (Å²) in [6.45, 7) is 0. The van der Waals surface area contributed by atoms with Crippen LogP contribution in [0.15, 0.2) is 36.4 Å². The van der Waals surface area contributed by atoms with E-state index in [4.69, 9.17) is 0 Å². The molecule has 76 valence electrons. The molecule has 0 aliphatic heterocycles. The van der Waals surface area contributed by atoms with E-state index in [1.165, 1.54) is 10.8 Å². The summed E-state index contributed by atoms with van der Waals surface area (Å²) in [5.41, 5.74) is 2.17. The third-order valence-corrected chi connectivity index (χ3v) is 2.51. The topological polar surface area (TPSA) is 29.1 Å². The van der Waals surface area contributed by atoms with E-state index in [1.807, 2.05) is 19.2 Å². The van der Waals surface area contributed by atoms with E-state index in [1.54, 1.807) is 0 Å². The van der Waals surface area contributed by atoms with Crippen LogP contribution in [-0.2, 0) is 11.2 Å². The number of carbonyl (C=O) groups excluding carboxylic acids is 1. The van der Waals surface area contributed by atoms with Gasteiger partial charge in [-0.2, -0.15) is 0 Å². The van der Waals surface area contributed by atoms with Gasteiger partial charge in [0.1, 0.15) is 6.29 Å². The molecule has 0 atom stereocenters. The first kappa shape index (κ1) is 9.71. The van der Waals surface area contributed by atoms with E-state index in [2.05, 4.69) is 29.6 Å². The molecule has 2 nitrogen and oxygen atoms in total. The number of nitrogens with one attached hydrogen (secondary N) is 1. The minimum absolute atomic E-state index is 0.490. The summed E-state index contributed by atoms with van der Waals surface area (Å²) in [5.74, 6) is 0. The maximum atomic E-state index is 10.4. The van der Waals surface area contributed by atoms with Gasteiger partial charge in [0.2, 0.25) is 0 Å². The van der Waals surface area contributed by atoms with Gasteiger partial charge in [-0.05, 0) is 28.5 Å². The first-order valence-corrected chi connectivity index (χ1v) is 4.97. The molecule has 0 spiro atoms. The summed E-state index contributed by atoms with van der Waals surface area (Å²) in [5, 5.41) is 5.47. The Kier molecular flexibility index (Phi) is 2.68. The summed E-state index contributed by atoms with van der Waals surface area (Å²) in [6.07, 6.45) is 1.42. The second-order valence-electron chi connectivity index (χ2n) is 3.52. The summed E-state index contributed by atoms with van der Waals surface area (Å²) >= 11 is 0. The van der Waals surface area contributed by atoms with Crippen LogP contribution in [0.4, 0.5) is 5.69 Å². The van der Waals surface area contributed by atoms with Crippen molar-refractivity contribution in [1.82, 2.24) is 0 Å². The number of hydrogen-bond donors (Lipinski definition) is 1. The molecular weight excluding hydrogens is 186 g/mol. The van der Waals surface area contributed by atoms with Gasteiger partial charge in [0.15, 0.2) is 0 Å². The molecule has 0 fully saturated rings. The van der Waals surface area contributed by atoms with Crippen molar-refractivity contribution in [2.45, 2.75) is 6.42 Å². The van der Waals surface area contributed by atoms with Gasteiger partial charge in [-0.3, -0.25) is 0 Å². The van der Waals surface area contributed by atoms with Gasteiger partial charge in [-0.1, -0.05) is 24.3 Å². The van der Waals surface area contributed by atoms with Crippen LogP contribution in [0.2, 0.25) is 0 Å². The van der Waals surface area contributed by atoms with Crippen molar-refractivity contribution < 1.29 is 4.79 Å². The van der Waals surface area contributed by atoms with E-state index in [9.17, 15) is 4.79 Å². The van der Waals surface area contributed by atoms with Gasteiger partial charge in [-0.15, -0.1) is 0 Å². The van der Waals surface area contributed by atoms with E-state index in [0.717, 1.165) is 17.5 Å². The molecule has 0 heterocycles. The highest BCUT2D eigenvalue weighted by atomic mass is 16.1. The van der Waals surface area contributed by atoms with Crippen molar-refractivity contribution in [1.29, 1.82) is 0 Å². The molecule has 0 unspecified atom stereocenters. The molecule has 0 aliphatic rings. The average Bonchev–Trinajstić information content (AvgIpc) is 2.29. The maximum absolute atomic E-state index is 10.4. The highest BCUT2D eigenvalue weighted by molar-refractivity contribution is 5.86. The van der Waals surface area contributed by atoms with Crippen LogP contribution >= 0.6 is 0 Å². The quantitative estimate of drug-likeness (QED) is 0.770. The zero-order valence-corrected chi connectivity index (χ0v) is 8.66. The fourth-order valence-electron chi connectivity index (χ4n) is 1.67. The second-order valence-corrected chi connectivity index (χ2v) is 3.52. The molecule has 0 saturated carbocycles. The smallest absolute Gasteiger partial charge is 0.124 e. The zero-order chi connectivity index (χ0) is 10.7. The second kappa shape index (κ2) is 4.13. The minimum atomic E-state index is 0.490. The molecule has 2 aromatic rings. The molecule has 0 radical (unpaired) electrons. The third-order valence-electron chi connectivity index (χ3n) is 2.51. The van der Waals surface area contributed by atoms with Crippen molar-refractivity contribution in [3.63, 3.8) is 0 Å². The van der Waals surface area contributed by atoms with Crippen LogP contribution in [0.5, 0.6) is 0 Å². The van der Waals surface area contributed by atoms with Crippen molar-refractivity contribution in [2.24, 2.45) is 0 Å². The normalized spacial score (nSPS) is 10.2. The van der Waals surface area contributed by atoms with Gasteiger partial charge in [0.25, 0.3) is 0 Å². The SMILES string of the molecule is CNc1ccc2cc(CC=O)ccc2c1. The Labute approximate surface area is 88.9 Å². The Morgan fingerprint density at radius 3 is 2.60 bits per heavy atom. The summed E-state index contributed by atoms with van der Waals surface area (Å²) < 4.78 is 0. The lowest BCUT2D eigenvalue weighted by Crippen LogP contribution is -1.88. The van der Waals surface area contributed by atoms with E-state index >= 15 is 0 Å². The van der Waals surface area contributed by atoms with Crippen molar-refractivity contribution in [3.8, 4) is 0 Å². The summed E-state index contributed by atoms with van der Waals surface area (Å²) in [6, 6.07) is 12.3. The molecule has 0 saturated heterocycles. The lowest BCUT2D eigenvalue weighted by molar-refractivity contribution is -0.107. The van der Waals surface area contributed by atoms with Crippen LogP contribution in [0, 0.1) is 0 Å². The van der Waals surface area contributed by atoms with Gasteiger partial charge in [0.05, 0.1) is 0 Å². The Morgan fingerprint density at radius 2 is 1.87 bits per heavy atom. The van der Waals surface area contributed by atoms with Crippen LogP contribution in [0.25, 0.3) is 10.8 Å². The first-order valence-electron chi connectivity index (χ1n) is 4.97. The van der Waals surface area contributed by atoms with Gasteiger partial charge < -0.3 is 10.1 Å². The molecule has 0 aromatic heterocycles. The number of hydrogen-bond acceptors (Lipinski definition) is 2. The summed E-state index contributed by atoms with van der Waals surface area (Å²) in [4.78, 5) is 10.4. The third kappa shape index (κ3) is 1.99. The minimum Gasteiger partial charge on any atom is -0.388 e. The molecule has 1 N–H and O–H groups in total. The van der Waals surface area contributed by atoms with Crippen LogP contribution < -0.4 is 5.32 Å². The highest BCUT2D eigenvalue weighted by Gasteiger charge is 1.97. The molecule has 0 amide bonds. The predicted octanol–water partition coefficient (Wildman–Crippen LogP) is 2.62. The van der Waals surface area contributed by atoms with Crippen LogP contribution in [0.3, 0.4) is 0 Å².